The molecule has 11 aromatic carbocycles. The molecule has 14 rings (SSSR count). The summed E-state index contributed by atoms with van der Waals surface area (Å²) in [7, 11) is 0. The largest absolute Gasteiger partial charge is 0.311 e. The van der Waals surface area contributed by atoms with Crippen molar-refractivity contribution in [2.45, 2.75) is 105 Å². The van der Waals surface area contributed by atoms with Crippen LogP contribution in [0.15, 0.2) is 267 Å². The lowest BCUT2D eigenvalue weighted by molar-refractivity contribution is 0.590. The first kappa shape index (κ1) is 58.9. The van der Waals surface area contributed by atoms with Crippen molar-refractivity contribution in [3.63, 3.8) is 0 Å². The van der Waals surface area contributed by atoms with Crippen LogP contribution in [0, 0.1) is 0 Å². The third kappa shape index (κ3) is 11.3. The lowest BCUT2D eigenvalue weighted by Crippen LogP contribution is -2.61. The third-order valence-corrected chi connectivity index (χ3v) is 18.8. The molecule has 0 bridgehead atoms. The highest BCUT2D eigenvalue weighted by molar-refractivity contribution is 7.00. The molecular weight excluding hydrogens is 1100 g/mol. The SMILES string of the molecule is CC(C)(C)c1ccc(N2c3cc(C(C)(C)C)ccc3B3c4ccc(C(C)(C)C)cc4N(c4ccc(C(C)(C)C)cc4)c4cc(-c5cc(-c6cc(-c7ccccc7)cc(-c7ccccc7)c6)cc(-c6cc(-c7ccccc7)cc(-c7ccccc7)c6)n5)cc2c43)cc1. The van der Waals surface area contributed by atoms with Crippen LogP contribution in [0.25, 0.3) is 78.1 Å². The van der Waals surface area contributed by atoms with E-state index in [1.807, 2.05) is 0 Å². The van der Waals surface area contributed by atoms with Crippen molar-refractivity contribution in [3.8, 4) is 78.1 Å². The molecule has 4 heteroatoms. The smallest absolute Gasteiger partial charge is 0.252 e. The molecule has 1 aromatic heterocycles. The van der Waals surface area contributed by atoms with Crippen molar-refractivity contribution < 1.29 is 0 Å². The normalized spacial score (nSPS) is 13.0. The summed E-state index contributed by atoms with van der Waals surface area (Å²) in [5.74, 6) is 0. The van der Waals surface area contributed by atoms with Gasteiger partial charge in [0.2, 0.25) is 0 Å². The van der Waals surface area contributed by atoms with Crippen LogP contribution in [-0.4, -0.2) is 11.7 Å². The summed E-state index contributed by atoms with van der Waals surface area (Å²) in [5, 5.41) is 0. The van der Waals surface area contributed by atoms with Crippen LogP contribution in [-0.2, 0) is 21.7 Å². The van der Waals surface area contributed by atoms with E-state index < -0.39 is 0 Å². The summed E-state index contributed by atoms with van der Waals surface area (Å²) < 4.78 is 0. The molecule has 0 aliphatic carbocycles. The van der Waals surface area contributed by atoms with E-state index in [1.54, 1.807) is 0 Å². The summed E-state index contributed by atoms with van der Waals surface area (Å²) in [5.41, 5.74) is 30.9. The summed E-state index contributed by atoms with van der Waals surface area (Å²) in [6.07, 6.45) is 0. The Morgan fingerprint density at radius 3 is 0.835 bits per heavy atom. The number of hydrogen-bond donors (Lipinski definition) is 0. The van der Waals surface area contributed by atoms with Crippen molar-refractivity contribution in [2.75, 3.05) is 9.80 Å². The van der Waals surface area contributed by atoms with E-state index in [0.29, 0.717) is 0 Å². The average molecular weight is 1180 g/mol. The molecule has 3 heterocycles. The number of hydrogen-bond acceptors (Lipinski definition) is 3. The van der Waals surface area contributed by atoms with Crippen LogP contribution in [0.2, 0.25) is 0 Å². The van der Waals surface area contributed by atoms with Gasteiger partial charge in [-0.3, -0.25) is 0 Å². The standard InChI is InChI=1S/C87H80BN3/c1-84(2,3)69-33-39-73(40-34-69)90-79-55-71(86(7,8)9)37-43-75(79)88-76-44-38-72(87(10,11)12)56-80(76)91(74-41-35-70(36-42-74)85(4,5)6)82-54-68(53-81(90)83(82)88)78-52-66(65-47-61(57-25-17-13-18-26-57)45-62(48-65)58-27-19-14-20-28-58)51-77(89-78)67-49-63(59-29-21-15-22-30-59)46-64(50-67)60-31-23-16-24-32-60/h13-56H,1-12H3. The predicted octanol–water partition coefficient (Wildman–Crippen LogP) is 22.0. The molecule has 0 atom stereocenters. The maximum Gasteiger partial charge on any atom is 0.252 e. The molecule has 446 valence electrons. The lowest BCUT2D eigenvalue weighted by atomic mass is 9.33. The summed E-state index contributed by atoms with van der Waals surface area (Å²) in [6, 6.07) is 100. The van der Waals surface area contributed by atoms with Gasteiger partial charge in [-0.25, -0.2) is 4.98 Å². The summed E-state index contributed by atoms with van der Waals surface area (Å²) in [4.78, 5) is 11.2. The fraction of sp³-hybridized carbons (Fsp3) is 0.184. The number of aromatic nitrogens is 1. The Kier molecular flexibility index (Phi) is 14.6. The Morgan fingerprint density at radius 2 is 0.516 bits per heavy atom. The molecule has 2 aliphatic rings. The number of pyridine rings is 1. The maximum atomic E-state index is 6.01. The van der Waals surface area contributed by atoms with E-state index in [0.717, 1.165) is 89.8 Å². The Labute approximate surface area is 540 Å². The molecule has 0 saturated heterocycles. The Balaban J connectivity index is 1.11. The van der Waals surface area contributed by atoms with E-state index in [-0.39, 0.29) is 28.4 Å². The lowest BCUT2D eigenvalue weighted by Gasteiger charge is -2.45. The second-order valence-electron chi connectivity index (χ2n) is 29.4. The highest BCUT2D eigenvalue weighted by Gasteiger charge is 2.45. The zero-order valence-electron chi connectivity index (χ0n) is 54.8. The first-order valence-electron chi connectivity index (χ1n) is 32.4. The second kappa shape index (κ2) is 22.6. The molecular formula is C87H80BN3. The Bertz CT molecular complexity index is 4290. The van der Waals surface area contributed by atoms with Gasteiger partial charge in [-0.05, 0) is 213 Å². The first-order valence-corrected chi connectivity index (χ1v) is 32.4. The molecule has 2 aliphatic heterocycles. The molecule has 0 N–H and O–H groups in total. The van der Waals surface area contributed by atoms with Crippen molar-refractivity contribution in [2.24, 2.45) is 0 Å². The fourth-order valence-electron chi connectivity index (χ4n) is 13.6. The molecule has 0 unspecified atom stereocenters. The van der Waals surface area contributed by atoms with Gasteiger partial charge in [-0.15, -0.1) is 0 Å². The molecule has 0 fully saturated rings. The fourth-order valence-corrected chi connectivity index (χ4v) is 13.6. The number of rotatable bonds is 9. The zero-order valence-corrected chi connectivity index (χ0v) is 54.8. The van der Waals surface area contributed by atoms with E-state index in [2.05, 4.69) is 360 Å². The monoisotopic (exact) mass is 1180 g/mol. The number of nitrogens with zero attached hydrogens (tertiary/aromatic N) is 3. The maximum absolute atomic E-state index is 6.01. The van der Waals surface area contributed by atoms with Crippen molar-refractivity contribution in [1.82, 2.24) is 4.98 Å². The van der Waals surface area contributed by atoms with Gasteiger partial charge in [0.15, 0.2) is 0 Å². The van der Waals surface area contributed by atoms with Gasteiger partial charge in [0.05, 0.1) is 11.4 Å². The van der Waals surface area contributed by atoms with Gasteiger partial charge < -0.3 is 9.80 Å². The average Bonchev–Trinajstić information content (AvgIpc) is 0.697. The van der Waals surface area contributed by atoms with Crippen LogP contribution >= 0.6 is 0 Å². The van der Waals surface area contributed by atoms with Crippen molar-refractivity contribution >= 4 is 57.2 Å². The van der Waals surface area contributed by atoms with Crippen molar-refractivity contribution in [3.05, 3.63) is 289 Å². The molecule has 0 amide bonds. The zero-order chi connectivity index (χ0) is 63.1. The summed E-state index contributed by atoms with van der Waals surface area (Å²) in [6.45, 7) is 27.8. The van der Waals surface area contributed by atoms with Gasteiger partial charge >= 0.3 is 0 Å². The van der Waals surface area contributed by atoms with Crippen LogP contribution in [0.4, 0.5) is 34.1 Å². The first-order chi connectivity index (χ1) is 43.6. The highest BCUT2D eigenvalue weighted by Crippen LogP contribution is 2.49. The highest BCUT2D eigenvalue weighted by atomic mass is 15.2. The Hall–Kier alpha value is -9.77. The molecule has 91 heavy (non-hydrogen) atoms. The molecule has 3 nitrogen and oxygen atoms in total. The Morgan fingerprint density at radius 1 is 0.242 bits per heavy atom. The van der Waals surface area contributed by atoms with Gasteiger partial charge in [0.1, 0.15) is 0 Å². The van der Waals surface area contributed by atoms with Gasteiger partial charge in [-0.2, -0.15) is 0 Å². The van der Waals surface area contributed by atoms with E-state index in [9.17, 15) is 0 Å². The minimum atomic E-state index is -0.108. The van der Waals surface area contributed by atoms with Gasteiger partial charge in [0, 0.05) is 45.3 Å². The van der Waals surface area contributed by atoms with E-state index in [1.165, 1.54) is 61.1 Å². The van der Waals surface area contributed by atoms with E-state index in [4.69, 9.17) is 4.98 Å². The van der Waals surface area contributed by atoms with Crippen LogP contribution in [0.5, 0.6) is 0 Å². The minimum Gasteiger partial charge on any atom is -0.311 e. The third-order valence-electron chi connectivity index (χ3n) is 18.8. The topological polar surface area (TPSA) is 19.4 Å². The van der Waals surface area contributed by atoms with Crippen LogP contribution < -0.4 is 26.2 Å². The summed E-state index contributed by atoms with van der Waals surface area (Å²) >= 11 is 0. The quantitative estimate of drug-likeness (QED) is 0.134. The van der Waals surface area contributed by atoms with Gasteiger partial charge in [-0.1, -0.05) is 253 Å². The minimum absolute atomic E-state index is 0.0279. The number of benzene rings is 11. The predicted molar refractivity (Wildman–Crippen MR) is 391 cm³/mol. The van der Waals surface area contributed by atoms with Crippen LogP contribution in [0.1, 0.15) is 105 Å². The molecule has 0 radical (unpaired) electrons. The number of anilines is 6. The van der Waals surface area contributed by atoms with Crippen molar-refractivity contribution in [1.29, 1.82) is 0 Å². The molecule has 12 aromatic rings. The van der Waals surface area contributed by atoms with Crippen LogP contribution in [0.3, 0.4) is 0 Å². The molecule has 0 saturated carbocycles. The molecule has 0 spiro atoms. The van der Waals surface area contributed by atoms with Gasteiger partial charge in [0.25, 0.3) is 6.71 Å². The van der Waals surface area contributed by atoms with E-state index >= 15 is 0 Å². The second-order valence-corrected chi connectivity index (χ2v) is 29.4. The number of fused-ring (bicyclic) bond motifs is 4.